The summed E-state index contributed by atoms with van der Waals surface area (Å²) >= 11 is 6.02. The van der Waals surface area contributed by atoms with E-state index < -0.39 is 0 Å². The molecule has 1 aromatic carbocycles. The van der Waals surface area contributed by atoms with Crippen molar-refractivity contribution in [2.75, 3.05) is 5.32 Å². The molecule has 2 aromatic rings. The van der Waals surface area contributed by atoms with E-state index in [1.54, 1.807) is 0 Å². The molecule has 1 aliphatic rings. The first kappa shape index (κ1) is 11.6. The van der Waals surface area contributed by atoms with Gasteiger partial charge in [0, 0.05) is 17.8 Å². The maximum atomic E-state index is 6.02. The fraction of sp³-hybridized carbons (Fsp3) is 0.357. The van der Waals surface area contributed by atoms with Gasteiger partial charge in [-0.15, -0.1) is 0 Å². The van der Waals surface area contributed by atoms with Crippen LogP contribution >= 0.6 is 11.6 Å². The molecule has 1 N–H and O–H groups in total. The molecule has 4 heteroatoms. The minimum atomic E-state index is 0.381. The maximum absolute atomic E-state index is 6.02. The van der Waals surface area contributed by atoms with Crippen molar-refractivity contribution < 1.29 is 0 Å². The molecule has 0 saturated heterocycles. The molecule has 0 aliphatic heterocycles. The maximum Gasteiger partial charge on any atom is 0.0731 e. The van der Waals surface area contributed by atoms with E-state index in [0.29, 0.717) is 6.04 Å². The zero-order valence-corrected chi connectivity index (χ0v) is 11.1. The Kier molecular flexibility index (Phi) is 3.00. The monoisotopic (exact) mass is 261 g/mol. The average molecular weight is 262 g/mol. The standard InChI is InChI=1S/C14H16ClN3/c1-2-18-9-12(8-16-18)17-14-6-3-10-7-11(15)4-5-13(10)14/h4-5,7-9,14,17H,2-3,6H2,1H3. The highest BCUT2D eigenvalue weighted by Gasteiger charge is 2.22. The molecule has 94 valence electrons. The van der Waals surface area contributed by atoms with E-state index in [2.05, 4.69) is 29.5 Å². The van der Waals surface area contributed by atoms with E-state index in [1.165, 1.54) is 11.1 Å². The topological polar surface area (TPSA) is 29.9 Å². The minimum absolute atomic E-state index is 0.381. The van der Waals surface area contributed by atoms with E-state index in [9.17, 15) is 0 Å². The largest absolute Gasteiger partial charge is 0.376 e. The molecule has 18 heavy (non-hydrogen) atoms. The molecule has 3 nitrogen and oxygen atoms in total. The second-order valence-electron chi connectivity index (χ2n) is 4.66. The molecule has 1 unspecified atom stereocenters. The minimum Gasteiger partial charge on any atom is -0.376 e. The van der Waals surface area contributed by atoms with Crippen LogP contribution in [0.5, 0.6) is 0 Å². The third-order valence-electron chi connectivity index (χ3n) is 3.48. The molecule has 3 rings (SSSR count). The molecule has 0 amide bonds. The summed E-state index contributed by atoms with van der Waals surface area (Å²) in [6.45, 7) is 2.99. The number of nitrogens with zero attached hydrogens (tertiary/aromatic N) is 2. The summed E-state index contributed by atoms with van der Waals surface area (Å²) in [6, 6.07) is 6.56. The highest BCUT2D eigenvalue weighted by Crippen LogP contribution is 2.35. The molecule has 1 atom stereocenters. The van der Waals surface area contributed by atoms with E-state index in [4.69, 9.17) is 11.6 Å². The lowest BCUT2D eigenvalue weighted by Crippen LogP contribution is -2.06. The summed E-state index contributed by atoms with van der Waals surface area (Å²) in [5.74, 6) is 0. The van der Waals surface area contributed by atoms with E-state index in [0.717, 1.165) is 30.1 Å². The van der Waals surface area contributed by atoms with Crippen LogP contribution in [0.15, 0.2) is 30.6 Å². The van der Waals surface area contributed by atoms with Gasteiger partial charge in [-0.3, -0.25) is 4.68 Å². The van der Waals surface area contributed by atoms with Crippen molar-refractivity contribution in [3.63, 3.8) is 0 Å². The lowest BCUT2D eigenvalue weighted by molar-refractivity contribution is 0.659. The molecule has 0 fully saturated rings. The van der Waals surface area contributed by atoms with Gasteiger partial charge in [-0.05, 0) is 43.0 Å². The van der Waals surface area contributed by atoms with Crippen molar-refractivity contribution >= 4 is 17.3 Å². The third-order valence-corrected chi connectivity index (χ3v) is 3.72. The van der Waals surface area contributed by atoms with Gasteiger partial charge in [0.15, 0.2) is 0 Å². The molecule has 1 aliphatic carbocycles. The van der Waals surface area contributed by atoms with Crippen LogP contribution in [0.4, 0.5) is 5.69 Å². The van der Waals surface area contributed by atoms with Crippen molar-refractivity contribution in [3.8, 4) is 0 Å². The number of halogens is 1. The highest BCUT2D eigenvalue weighted by molar-refractivity contribution is 6.30. The Morgan fingerprint density at radius 3 is 3.17 bits per heavy atom. The Hall–Kier alpha value is -1.48. The Morgan fingerprint density at radius 2 is 2.39 bits per heavy atom. The molecule has 0 spiro atoms. The Bertz CT molecular complexity index is 562. The summed E-state index contributed by atoms with van der Waals surface area (Å²) in [7, 11) is 0. The van der Waals surface area contributed by atoms with Gasteiger partial charge >= 0.3 is 0 Å². The van der Waals surface area contributed by atoms with E-state index >= 15 is 0 Å². The highest BCUT2D eigenvalue weighted by atomic mass is 35.5. The second kappa shape index (κ2) is 4.65. The first-order chi connectivity index (χ1) is 8.76. The number of hydrogen-bond donors (Lipinski definition) is 1. The van der Waals surface area contributed by atoms with Crippen LogP contribution in [0.25, 0.3) is 0 Å². The zero-order chi connectivity index (χ0) is 12.5. The van der Waals surface area contributed by atoms with Gasteiger partial charge in [-0.2, -0.15) is 5.10 Å². The second-order valence-corrected chi connectivity index (χ2v) is 5.10. The summed E-state index contributed by atoms with van der Waals surface area (Å²) in [5, 5.41) is 8.65. The third kappa shape index (κ3) is 2.10. The first-order valence-corrected chi connectivity index (χ1v) is 6.71. The van der Waals surface area contributed by atoms with Crippen LogP contribution in [0.2, 0.25) is 5.02 Å². The lowest BCUT2D eigenvalue weighted by Gasteiger charge is -2.13. The van der Waals surface area contributed by atoms with Crippen LogP contribution < -0.4 is 5.32 Å². The molecular formula is C14H16ClN3. The van der Waals surface area contributed by atoms with Crippen LogP contribution in [-0.4, -0.2) is 9.78 Å². The summed E-state index contributed by atoms with van der Waals surface area (Å²) in [4.78, 5) is 0. The van der Waals surface area contributed by atoms with Gasteiger partial charge < -0.3 is 5.32 Å². The van der Waals surface area contributed by atoms with Gasteiger partial charge in [0.05, 0.1) is 17.9 Å². The predicted octanol–water partition coefficient (Wildman–Crippen LogP) is 3.66. The molecule has 1 heterocycles. The predicted molar refractivity (Wildman–Crippen MR) is 74.0 cm³/mol. The number of nitrogens with one attached hydrogen (secondary N) is 1. The van der Waals surface area contributed by atoms with Crippen molar-refractivity contribution in [1.29, 1.82) is 0 Å². The fourth-order valence-electron chi connectivity index (χ4n) is 2.55. The summed E-state index contributed by atoms with van der Waals surface area (Å²) < 4.78 is 1.93. The Labute approximate surface area is 112 Å². The quantitative estimate of drug-likeness (QED) is 0.914. The van der Waals surface area contributed by atoms with Crippen molar-refractivity contribution in [1.82, 2.24) is 9.78 Å². The number of rotatable bonds is 3. The number of fused-ring (bicyclic) bond motifs is 1. The van der Waals surface area contributed by atoms with Crippen LogP contribution in [0.1, 0.15) is 30.5 Å². The molecule has 1 aromatic heterocycles. The van der Waals surface area contributed by atoms with Gasteiger partial charge in [-0.1, -0.05) is 17.7 Å². The van der Waals surface area contributed by atoms with Crippen molar-refractivity contribution in [2.45, 2.75) is 32.4 Å². The van der Waals surface area contributed by atoms with Gasteiger partial charge in [0.25, 0.3) is 0 Å². The van der Waals surface area contributed by atoms with Gasteiger partial charge in [-0.25, -0.2) is 0 Å². The van der Waals surface area contributed by atoms with Crippen LogP contribution in [0, 0.1) is 0 Å². The smallest absolute Gasteiger partial charge is 0.0731 e. The number of aromatic nitrogens is 2. The number of hydrogen-bond acceptors (Lipinski definition) is 2. The van der Waals surface area contributed by atoms with Crippen molar-refractivity contribution in [3.05, 3.63) is 46.7 Å². The van der Waals surface area contributed by atoms with Gasteiger partial charge in [0.2, 0.25) is 0 Å². The molecular weight excluding hydrogens is 246 g/mol. The Morgan fingerprint density at radius 1 is 1.50 bits per heavy atom. The molecule has 0 radical (unpaired) electrons. The van der Waals surface area contributed by atoms with Crippen LogP contribution in [0.3, 0.4) is 0 Å². The summed E-state index contributed by atoms with van der Waals surface area (Å²) in [5.41, 5.74) is 3.82. The lowest BCUT2D eigenvalue weighted by atomic mass is 10.1. The molecule has 0 saturated carbocycles. The fourth-order valence-corrected chi connectivity index (χ4v) is 2.74. The number of anilines is 1. The van der Waals surface area contributed by atoms with Crippen molar-refractivity contribution in [2.24, 2.45) is 0 Å². The SMILES string of the molecule is CCn1cc(NC2CCc3cc(Cl)ccc32)cn1. The normalized spacial score (nSPS) is 17.8. The Balaban J connectivity index is 1.80. The zero-order valence-electron chi connectivity index (χ0n) is 10.4. The molecule has 0 bridgehead atoms. The van der Waals surface area contributed by atoms with Gasteiger partial charge in [0.1, 0.15) is 0 Å². The summed E-state index contributed by atoms with van der Waals surface area (Å²) in [6.07, 6.45) is 6.15. The number of aryl methyl sites for hydroxylation is 2. The van der Waals surface area contributed by atoms with Crippen LogP contribution in [-0.2, 0) is 13.0 Å². The van der Waals surface area contributed by atoms with E-state index in [-0.39, 0.29) is 0 Å². The first-order valence-electron chi connectivity index (χ1n) is 6.33. The average Bonchev–Trinajstić information content (AvgIpc) is 2.97. The van der Waals surface area contributed by atoms with E-state index in [1.807, 2.05) is 23.1 Å². The number of benzene rings is 1.